The molecule has 0 heterocycles. The Bertz CT molecular complexity index is 688. The van der Waals surface area contributed by atoms with Crippen molar-refractivity contribution in [3.05, 3.63) is 58.1 Å². The van der Waals surface area contributed by atoms with Gasteiger partial charge in [0.2, 0.25) is 5.91 Å². The molecule has 24 heavy (non-hydrogen) atoms. The maximum absolute atomic E-state index is 12.1. The number of carbonyl (C=O) groups excluding carboxylic acids is 1. The van der Waals surface area contributed by atoms with Gasteiger partial charge in [0.05, 0.1) is 19.6 Å². The number of ether oxygens (including phenoxy) is 2. The van der Waals surface area contributed by atoms with Crippen LogP contribution in [0.5, 0.6) is 11.5 Å². The summed E-state index contributed by atoms with van der Waals surface area (Å²) >= 11 is 3.41. The normalized spacial score (nSPS) is 10.3. The molecule has 0 saturated carbocycles. The number of rotatable bonds is 8. The van der Waals surface area contributed by atoms with E-state index in [-0.39, 0.29) is 5.91 Å². The first-order valence-electron chi connectivity index (χ1n) is 8.02. The van der Waals surface area contributed by atoms with Crippen LogP contribution in [-0.2, 0) is 17.8 Å². The summed E-state index contributed by atoms with van der Waals surface area (Å²) in [6.45, 7) is 5.48. The highest BCUT2D eigenvalue weighted by molar-refractivity contribution is 9.10. The molecule has 0 aromatic heterocycles. The molecule has 0 saturated heterocycles. The number of carbonyl (C=O) groups is 1. The van der Waals surface area contributed by atoms with Crippen molar-refractivity contribution in [1.29, 1.82) is 0 Å². The van der Waals surface area contributed by atoms with Crippen LogP contribution in [0, 0.1) is 0 Å². The fraction of sp³-hybridized carbons (Fsp3) is 0.316. The summed E-state index contributed by atoms with van der Waals surface area (Å²) in [5, 5.41) is 2.94. The van der Waals surface area contributed by atoms with Gasteiger partial charge in [-0.25, -0.2) is 0 Å². The van der Waals surface area contributed by atoms with E-state index in [0.29, 0.717) is 31.9 Å². The largest absolute Gasteiger partial charge is 0.490 e. The fourth-order valence-electron chi connectivity index (χ4n) is 2.30. The Labute approximate surface area is 151 Å². The molecule has 4 nitrogen and oxygen atoms in total. The maximum atomic E-state index is 12.1. The van der Waals surface area contributed by atoms with Gasteiger partial charge in [-0.05, 0) is 49.2 Å². The van der Waals surface area contributed by atoms with E-state index < -0.39 is 0 Å². The van der Waals surface area contributed by atoms with Crippen molar-refractivity contribution in [3.8, 4) is 11.5 Å². The van der Waals surface area contributed by atoms with Crippen LogP contribution < -0.4 is 14.8 Å². The average molecular weight is 392 g/mol. The Balaban J connectivity index is 1.95. The van der Waals surface area contributed by atoms with Crippen molar-refractivity contribution in [1.82, 2.24) is 5.32 Å². The lowest BCUT2D eigenvalue weighted by Gasteiger charge is -2.13. The van der Waals surface area contributed by atoms with Gasteiger partial charge in [0.15, 0.2) is 11.5 Å². The Kier molecular flexibility index (Phi) is 7.12. The molecule has 0 unspecified atom stereocenters. The van der Waals surface area contributed by atoms with Gasteiger partial charge in [-0.15, -0.1) is 0 Å². The van der Waals surface area contributed by atoms with E-state index in [1.165, 1.54) is 0 Å². The standard InChI is InChI=1S/C19H22BrNO3/c1-3-23-17-9-8-15(11-18(17)24-4-2)13-21-19(22)12-14-6-5-7-16(20)10-14/h5-11H,3-4,12-13H2,1-2H3,(H,21,22). The zero-order chi connectivity index (χ0) is 17.4. The number of amides is 1. The molecule has 0 spiro atoms. The van der Waals surface area contributed by atoms with Crippen LogP contribution in [0.4, 0.5) is 0 Å². The molecule has 128 valence electrons. The van der Waals surface area contributed by atoms with E-state index in [1.54, 1.807) is 0 Å². The third-order valence-corrected chi connectivity index (χ3v) is 3.84. The van der Waals surface area contributed by atoms with Crippen molar-refractivity contribution < 1.29 is 14.3 Å². The summed E-state index contributed by atoms with van der Waals surface area (Å²) in [6, 6.07) is 13.5. The zero-order valence-corrected chi connectivity index (χ0v) is 15.6. The first-order chi connectivity index (χ1) is 11.6. The minimum Gasteiger partial charge on any atom is -0.490 e. The molecule has 2 aromatic carbocycles. The summed E-state index contributed by atoms with van der Waals surface area (Å²) in [4.78, 5) is 12.1. The monoisotopic (exact) mass is 391 g/mol. The van der Waals surface area contributed by atoms with Gasteiger partial charge >= 0.3 is 0 Å². The highest BCUT2D eigenvalue weighted by Crippen LogP contribution is 2.28. The van der Waals surface area contributed by atoms with Gasteiger partial charge in [0.25, 0.3) is 0 Å². The lowest BCUT2D eigenvalue weighted by atomic mass is 10.1. The van der Waals surface area contributed by atoms with Crippen molar-refractivity contribution in [2.24, 2.45) is 0 Å². The third kappa shape index (κ3) is 5.57. The van der Waals surface area contributed by atoms with Crippen LogP contribution >= 0.6 is 15.9 Å². The molecular formula is C19H22BrNO3. The number of hydrogen-bond donors (Lipinski definition) is 1. The van der Waals surface area contributed by atoms with Crippen molar-refractivity contribution >= 4 is 21.8 Å². The quantitative estimate of drug-likeness (QED) is 0.736. The van der Waals surface area contributed by atoms with E-state index in [2.05, 4.69) is 21.2 Å². The summed E-state index contributed by atoms with van der Waals surface area (Å²) < 4.78 is 12.1. The molecule has 2 rings (SSSR count). The molecule has 0 aliphatic rings. The summed E-state index contributed by atoms with van der Waals surface area (Å²) in [5.74, 6) is 1.42. The number of hydrogen-bond acceptors (Lipinski definition) is 3. The van der Waals surface area contributed by atoms with Crippen molar-refractivity contribution in [2.75, 3.05) is 13.2 Å². The zero-order valence-electron chi connectivity index (χ0n) is 14.0. The summed E-state index contributed by atoms with van der Waals surface area (Å²) in [5.41, 5.74) is 1.95. The molecule has 1 N–H and O–H groups in total. The van der Waals surface area contributed by atoms with Crippen LogP contribution in [0.1, 0.15) is 25.0 Å². The Morgan fingerprint density at radius 2 is 1.75 bits per heavy atom. The molecule has 0 aliphatic carbocycles. The van der Waals surface area contributed by atoms with Gasteiger partial charge < -0.3 is 14.8 Å². The first kappa shape index (κ1) is 18.3. The van der Waals surface area contributed by atoms with E-state index in [9.17, 15) is 4.79 Å². The van der Waals surface area contributed by atoms with Crippen LogP contribution in [0.15, 0.2) is 46.9 Å². The Hall–Kier alpha value is -2.01. The summed E-state index contributed by atoms with van der Waals surface area (Å²) in [6.07, 6.45) is 0.356. The van der Waals surface area contributed by atoms with Gasteiger partial charge in [-0.1, -0.05) is 34.1 Å². The number of nitrogens with one attached hydrogen (secondary N) is 1. The van der Waals surface area contributed by atoms with E-state index in [4.69, 9.17) is 9.47 Å². The van der Waals surface area contributed by atoms with Crippen LogP contribution in [-0.4, -0.2) is 19.1 Å². The Morgan fingerprint density at radius 3 is 2.46 bits per heavy atom. The van der Waals surface area contributed by atoms with Crippen LogP contribution in [0.25, 0.3) is 0 Å². The van der Waals surface area contributed by atoms with Crippen molar-refractivity contribution in [2.45, 2.75) is 26.8 Å². The molecule has 2 aromatic rings. The maximum Gasteiger partial charge on any atom is 0.224 e. The lowest BCUT2D eigenvalue weighted by Crippen LogP contribution is -2.24. The topological polar surface area (TPSA) is 47.6 Å². The molecular weight excluding hydrogens is 370 g/mol. The SMILES string of the molecule is CCOc1ccc(CNC(=O)Cc2cccc(Br)c2)cc1OCC. The predicted molar refractivity (Wildman–Crippen MR) is 98.5 cm³/mol. The van der Waals surface area contributed by atoms with Gasteiger partial charge in [0, 0.05) is 11.0 Å². The highest BCUT2D eigenvalue weighted by Gasteiger charge is 2.08. The molecule has 0 aliphatic heterocycles. The number of halogens is 1. The number of benzene rings is 2. The van der Waals surface area contributed by atoms with Gasteiger partial charge in [0.1, 0.15) is 0 Å². The summed E-state index contributed by atoms with van der Waals surface area (Å²) in [7, 11) is 0. The van der Waals surface area contributed by atoms with Gasteiger partial charge in [-0.2, -0.15) is 0 Å². The predicted octanol–water partition coefficient (Wildman–Crippen LogP) is 4.11. The average Bonchev–Trinajstić information content (AvgIpc) is 2.55. The van der Waals surface area contributed by atoms with Crippen LogP contribution in [0.3, 0.4) is 0 Å². The highest BCUT2D eigenvalue weighted by atomic mass is 79.9. The van der Waals surface area contributed by atoms with Gasteiger partial charge in [-0.3, -0.25) is 4.79 Å². The smallest absolute Gasteiger partial charge is 0.224 e. The minimum absolute atomic E-state index is 0.0139. The van der Waals surface area contributed by atoms with Crippen LogP contribution in [0.2, 0.25) is 0 Å². The molecule has 1 amide bonds. The second-order valence-electron chi connectivity index (χ2n) is 5.23. The Morgan fingerprint density at radius 1 is 1.00 bits per heavy atom. The second kappa shape index (κ2) is 9.33. The fourth-order valence-corrected chi connectivity index (χ4v) is 2.75. The lowest BCUT2D eigenvalue weighted by molar-refractivity contribution is -0.120. The first-order valence-corrected chi connectivity index (χ1v) is 8.81. The molecule has 5 heteroatoms. The molecule has 0 atom stereocenters. The van der Waals surface area contributed by atoms with E-state index >= 15 is 0 Å². The van der Waals surface area contributed by atoms with Crippen molar-refractivity contribution in [3.63, 3.8) is 0 Å². The third-order valence-electron chi connectivity index (χ3n) is 3.35. The minimum atomic E-state index is -0.0139. The molecule has 0 bridgehead atoms. The molecule has 0 radical (unpaired) electrons. The molecule has 0 fully saturated rings. The van der Waals surface area contributed by atoms with E-state index in [0.717, 1.165) is 21.3 Å². The van der Waals surface area contributed by atoms with E-state index in [1.807, 2.05) is 56.3 Å². The second-order valence-corrected chi connectivity index (χ2v) is 6.15.